The molecular weight excluding hydrogens is 363 g/mol. The summed E-state index contributed by atoms with van der Waals surface area (Å²) in [5.41, 5.74) is 2.40. The van der Waals surface area contributed by atoms with Gasteiger partial charge in [-0.15, -0.1) is 11.8 Å². The van der Waals surface area contributed by atoms with Gasteiger partial charge in [-0.3, -0.25) is 9.78 Å². The smallest absolute Gasteiger partial charge is 0.248 e. The second kappa shape index (κ2) is 9.00. The van der Waals surface area contributed by atoms with Crippen molar-refractivity contribution in [1.82, 2.24) is 4.98 Å². The summed E-state index contributed by atoms with van der Waals surface area (Å²) in [5.74, 6) is -0.641. The van der Waals surface area contributed by atoms with E-state index in [9.17, 15) is 14.3 Å². The highest BCUT2D eigenvalue weighted by atomic mass is 32.2. The number of amides is 1. The van der Waals surface area contributed by atoms with Gasteiger partial charge in [0.25, 0.3) is 0 Å². The molecule has 3 rings (SSSR count). The molecule has 0 radical (unpaired) electrons. The topological polar surface area (TPSA) is 62.2 Å². The van der Waals surface area contributed by atoms with E-state index in [4.69, 9.17) is 0 Å². The number of aromatic nitrogens is 1. The molecule has 0 saturated carbocycles. The van der Waals surface area contributed by atoms with Crippen molar-refractivity contribution in [2.45, 2.75) is 10.6 Å². The minimum absolute atomic E-state index is 0.310. The lowest BCUT2D eigenvalue weighted by Crippen LogP contribution is -2.07. The maximum absolute atomic E-state index is 13.0. The van der Waals surface area contributed by atoms with Crippen LogP contribution in [0.25, 0.3) is 6.08 Å². The normalized spacial score (nSPS) is 10.9. The molecule has 0 atom stereocenters. The third-order valence-corrected chi connectivity index (χ3v) is 4.72. The van der Waals surface area contributed by atoms with Crippen molar-refractivity contribution in [3.8, 4) is 5.75 Å². The summed E-state index contributed by atoms with van der Waals surface area (Å²) in [7, 11) is 0. The summed E-state index contributed by atoms with van der Waals surface area (Å²) in [4.78, 5) is 17.1. The molecule has 0 unspecified atom stereocenters. The van der Waals surface area contributed by atoms with Crippen LogP contribution < -0.4 is 5.32 Å². The number of aromatic hydroxyl groups is 1. The van der Waals surface area contributed by atoms with Crippen LogP contribution in [0.5, 0.6) is 5.75 Å². The fraction of sp³-hybridized carbons (Fsp3) is 0.0476. The molecule has 1 amide bonds. The number of rotatable bonds is 6. The predicted molar refractivity (Wildman–Crippen MR) is 106 cm³/mol. The molecule has 0 spiro atoms. The van der Waals surface area contributed by atoms with E-state index in [2.05, 4.69) is 10.3 Å². The number of thioether (sulfide) groups is 1. The summed E-state index contributed by atoms with van der Waals surface area (Å²) in [6, 6.07) is 15.4. The molecule has 4 nitrogen and oxygen atoms in total. The third kappa shape index (κ3) is 5.69. The number of pyridine rings is 1. The number of benzene rings is 2. The number of hydrogen-bond donors (Lipinski definition) is 2. The molecule has 3 aromatic rings. The minimum Gasteiger partial charge on any atom is -0.505 e. The van der Waals surface area contributed by atoms with Gasteiger partial charge in [-0.2, -0.15) is 0 Å². The van der Waals surface area contributed by atoms with E-state index < -0.39 is 11.6 Å². The quantitative estimate of drug-likeness (QED) is 0.473. The fourth-order valence-electron chi connectivity index (χ4n) is 2.30. The molecule has 1 aromatic heterocycles. The minimum atomic E-state index is -0.697. The van der Waals surface area contributed by atoms with E-state index in [1.165, 1.54) is 29.8 Å². The molecule has 0 fully saturated rings. The lowest BCUT2D eigenvalue weighted by molar-refractivity contribution is -0.111. The zero-order chi connectivity index (χ0) is 19.1. The number of phenolic OH excluding ortho intramolecular Hbond substituents is 1. The predicted octanol–water partition coefficient (Wildman–Crippen LogP) is 4.87. The summed E-state index contributed by atoms with van der Waals surface area (Å²) in [6.45, 7) is 0. The van der Waals surface area contributed by atoms with E-state index >= 15 is 0 Å². The van der Waals surface area contributed by atoms with Crippen molar-refractivity contribution >= 4 is 29.4 Å². The Hall–Kier alpha value is -3.12. The van der Waals surface area contributed by atoms with Crippen LogP contribution >= 0.6 is 11.8 Å². The molecule has 0 bridgehead atoms. The molecule has 6 heteroatoms. The number of carbonyl (C=O) groups excluding carboxylic acids is 1. The molecule has 0 aliphatic heterocycles. The number of halogens is 1. The number of phenols is 1. The Bertz CT molecular complexity index is 961. The molecular formula is C21H17FN2O2S. The fourth-order valence-corrected chi connectivity index (χ4v) is 3.21. The van der Waals surface area contributed by atoms with Crippen molar-refractivity contribution in [2.75, 3.05) is 5.32 Å². The third-order valence-electron chi connectivity index (χ3n) is 3.65. The second-order valence-electron chi connectivity index (χ2n) is 5.71. The van der Waals surface area contributed by atoms with Gasteiger partial charge < -0.3 is 10.4 Å². The first-order valence-corrected chi connectivity index (χ1v) is 9.18. The monoisotopic (exact) mass is 380 g/mol. The van der Waals surface area contributed by atoms with Crippen molar-refractivity contribution in [2.24, 2.45) is 0 Å². The highest BCUT2D eigenvalue weighted by Crippen LogP contribution is 2.25. The van der Waals surface area contributed by atoms with Crippen molar-refractivity contribution in [3.05, 3.63) is 90.0 Å². The Kier molecular flexibility index (Phi) is 6.22. The van der Waals surface area contributed by atoms with Gasteiger partial charge in [-0.05, 0) is 59.7 Å². The Morgan fingerprint density at radius 1 is 1.15 bits per heavy atom. The van der Waals surface area contributed by atoms with Gasteiger partial charge >= 0.3 is 0 Å². The Morgan fingerprint density at radius 2 is 1.96 bits per heavy atom. The van der Waals surface area contributed by atoms with Crippen LogP contribution in [0, 0.1) is 5.82 Å². The summed E-state index contributed by atoms with van der Waals surface area (Å²) >= 11 is 1.67. The first kappa shape index (κ1) is 18.7. The lowest BCUT2D eigenvalue weighted by Gasteiger charge is -2.06. The Labute approximate surface area is 160 Å². The maximum Gasteiger partial charge on any atom is 0.248 e. The first-order valence-electron chi connectivity index (χ1n) is 8.19. The van der Waals surface area contributed by atoms with Crippen LogP contribution in [-0.4, -0.2) is 16.0 Å². The van der Waals surface area contributed by atoms with Crippen LogP contribution in [0.1, 0.15) is 11.1 Å². The second-order valence-corrected chi connectivity index (χ2v) is 6.75. The van der Waals surface area contributed by atoms with Crippen LogP contribution in [0.4, 0.5) is 10.1 Å². The number of hydrogen-bond acceptors (Lipinski definition) is 4. The van der Waals surface area contributed by atoms with Crippen LogP contribution in [0.3, 0.4) is 0 Å². The van der Waals surface area contributed by atoms with E-state index in [1.807, 2.05) is 36.4 Å². The lowest BCUT2D eigenvalue weighted by atomic mass is 10.2. The van der Waals surface area contributed by atoms with E-state index in [0.29, 0.717) is 11.3 Å². The van der Waals surface area contributed by atoms with Gasteiger partial charge in [0.15, 0.2) is 11.6 Å². The van der Waals surface area contributed by atoms with Gasteiger partial charge in [-0.25, -0.2) is 4.39 Å². The van der Waals surface area contributed by atoms with Crippen molar-refractivity contribution in [3.63, 3.8) is 0 Å². The number of nitrogens with zero attached hydrogens (tertiary/aromatic N) is 1. The average molecular weight is 380 g/mol. The van der Waals surface area contributed by atoms with Crippen LogP contribution in [0.2, 0.25) is 0 Å². The van der Waals surface area contributed by atoms with E-state index in [-0.39, 0.29) is 5.91 Å². The van der Waals surface area contributed by atoms with E-state index in [0.717, 1.165) is 16.7 Å². The molecule has 0 aliphatic rings. The highest BCUT2D eigenvalue weighted by Gasteiger charge is 2.03. The Morgan fingerprint density at radius 3 is 2.74 bits per heavy atom. The number of carbonyl (C=O) groups is 1. The molecule has 27 heavy (non-hydrogen) atoms. The largest absolute Gasteiger partial charge is 0.505 e. The summed E-state index contributed by atoms with van der Waals surface area (Å²) in [6.07, 6.45) is 6.37. The number of anilines is 1. The standard InChI is InChI=1S/C21H17FN2O2S/c22-19-6-4-15(12-20(19)25)5-7-21(26)24-17-2-1-3-18(13-17)27-14-16-8-10-23-11-9-16/h1-13,25H,14H2,(H,24,26)/b7-5+. The summed E-state index contributed by atoms with van der Waals surface area (Å²) in [5, 5.41) is 12.1. The van der Waals surface area contributed by atoms with Crippen LogP contribution in [0.15, 0.2) is 78.0 Å². The molecule has 2 aromatic carbocycles. The molecule has 0 saturated heterocycles. The first-order chi connectivity index (χ1) is 13.1. The molecule has 136 valence electrons. The summed E-state index contributed by atoms with van der Waals surface area (Å²) < 4.78 is 13.0. The molecule has 1 heterocycles. The van der Waals surface area contributed by atoms with Gasteiger partial charge in [0, 0.05) is 34.8 Å². The maximum atomic E-state index is 13.0. The molecule has 0 aliphatic carbocycles. The zero-order valence-corrected chi connectivity index (χ0v) is 15.1. The number of nitrogens with one attached hydrogen (secondary N) is 1. The highest BCUT2D eigenvalue weighted by molar-refractivity contribution is 7.98. The van der Waals surface area contributed by atoms with Gasteiger partial charge in [-0.1, -0.05) is 12.1 Å². The van der Waals surface area contributed by atoms with Gasteiger partial charge in [0.1, 0.15) is 0 Å². The van der Waals surface area contributed by atoms with Gasteiger partial charge in [0.2, 0.25) is 5.91 Å². The average Bonchev–Trinajstić information content (AvgIpc) is 2.68. The van der Waals surface area contributed by atoms with E-state index in [1.54, 1.807) is 24.2 Å². The SMILES string of the molecule is O=C(/C=C/c1ccc(F)c(O)c1)Nc1cccc(SCc2ccncc2)c1. The van der Waals surface area contributed by atoms with Crippen molar-refractivity contribution < 1.29 is 14.3 Å². The Balaban J connectivity index is 1.59. The van der Waals surface area contributed by atoms with Crippen molar-refractivity contribution in [1.29, 1.82) is 0 Å². The molecule has 2 N–H and O–H groups in total. The zero-order valence-electron chi connectivity index (χ0n) is 14.3. The van der Waals surface area contributed by atoms with Gasteiger partial charge in [0.05, 0.1) is 0 Å². The van der Waals surface area contributed by atoms with Crippen LogP contribution in [-0.2, 0) is 10.5 Å².